The molecule has 0 bridgehead atoms. The Morgan fingerprint density at radius 3 is 2.94 bits per heavy atom. The maximum Gasteiger partial charge on any atom is 0.307 e. The average molecular weight is 436 g/mol. The van der Waals surface area contributed by atoms with Gasteiger partial charge in [-0.25, -0.2) is 0 Å². The third kappa shape index (κ3) is 4.27. The Labute approximate surface area is 186 Å². The summed E-state index contributed by atoms with van der Waals surface area (Å²) in [6, 6.07) is 8.33. The standard InChI is InChI=1S/C24H29N5O3/c1-32-22(30)8-10-25-24(31)23-19-15-28(11-9-21(19)29(27-23)13-16-6-7-16)14-17-12-26-20-5-3-2-4-18(17)20/h2-5,12,16,26H,6-11,13-15H2,1H3,(H,25,31). The van der Waals surface area contributed by atoms with Gasteiger partial charge in [-0.2, -0.15) is 5.10 Å². The van der Waals surface area contributed by atoms with E-state index in [1.165, 1.54) is 36.6 Å². The van der Waals surface area contributed by atoms with Crippen molar-refractivity contribution < 1.29 is 14.3 Å². The molecule has 5 rings (SSSR count). The zero-order valence-corrected chi connectivity index (χ0v) is 18.4. The number of esters is 1. The minimum atomic E-state index is -0.337. The largest absolute Gasteiger partial charge is 0.469 e. The lowest BCUT2D eigenvalue weighted by Crippen LogP contribution is -2.33. The molecule has 1 fully saturated rings. The summed E-state index contributed by atoms with van der Waals surface area (Å²) in [6.07, 6.45) is 5.59. The monoisotopic (exact) mass is 435 g/mol. The van der Waals surface area contributed by atoms with Crippen molar-refractivity contribution in [1.29, 1.82) is 0 Å². The number of H-pyrrole nitrogens is 1. The van der Waals surface area contributed by atoms with Gasteiger partial charge in [0.2, 0.25) is 0 Å². The number of hydrogen-bond acceptors (Lipinski definition) is 5. The number of aromatic amines is 1. The quantitative estimate of drug-likeness (QED) is 0.531. The summed E-state index contributed by atoms with van der Waals surface area (Å²) in [5.74, 6) is 0.128. The number of para-hydroxylation sites is 1. The van der Waals surface area contributed by atoms with Gasteiger partial charge in [0.25, 0.3) is 5.91 Å². The molecule has 3 heterocycles. The van der Waals surface area contributed by atoms with Crippen LogP contribution in [-0.4, -0.2) is 51.7 Å². The first kappa shape index (κ1) is 20.8. The normalized spacial score (nSPS) is 16.2. The molecule has 1 amide bonds. The van der Waals surface area contributed by atoms with Gasteiger partial charge in [-0.3, -0.25) is 19.2 Å². The molecule has 0 spiro atoms. The van der Waals surface area contributed by atoms with Gasteiger partial charge in [0.1, 0.15) is 0 Å². The van der Waals surface area contributed by atoms with Gasteiger partial charge in [0.05, 0.1) is 13.5 Å². The molecule has 8 nitrogen and oxygen atoms in total. The van der Waals surface area contributed by atoms with Crippen molar-refractivity contribution in [2.45, 2.75) is 45.3 Å². The molecular formula is C24H29N5O3. The Morgan fingerprint density at radius 2 is 2.12 bits per heavy atom. The Morgan fingerprint density at radius 1 is 1.28 bits per heavy atom. The predicted molar refractivity (Wildman–Crippen MR) is 120 cm³/mol. The van der Waals surface area contributed by atoms with Crippen molar-refractivity contribution in [2.24, 2.45) is 5.92 Å². The second-order valence-electron chi connectivity index (χ2n) is 8.80. The summed E-state index contributed by atoms with van der Waals surface area (Å²) in [4.78, 5) is 30.0. The fourth-order valence-electron chi connectivity index (χ4n) is 4.53. The topological polar surface area (TPSA) is 92.2 Å². The van der Waals surface area contributed by atoms with E-state index in [0.29, 0.717) is 18.2 Å². The number of carbonyl (C=O) groups excluding carboxylic acids is 2. The molecule has 0 atom stereocenters. The Hall–Kier alpha value is -3.13. The molecule has 2 aliphatic rings. The van der Waals surface area contributed by atoms with Crippen LogP contribution in [0.25, 0.3) is 10.9 Å². The summed E-state index contributed by atoms with van der Waals surface area (Å²) in [5, 5.41) is 8.81. The van der Waals surface area contributed by atoms with Crippen LogP contribution in [0.15, 0.2) is 30.5 Å². The number of amides is 1. The van der Waals surface area contributed by atoms with Gasteiger partial charge in [-0.05, 0) is 30.4 Å². The van der Waals surface area contributed by atoms with Crippen molar-refractivity contribution >= 4 is 22.8 Å². The molecule has 1 saturated carbocycles. The number of hydrogen-bond donors (Lipinski definition) is 2. The second kappa shape index (κ2) is 8.78. The SMILES string of the molecule is COC(=O)CCNC(=O)c1nn(CC2CC2)c2c1CN(Cc1c[nH]c3ccccc13)CC2. The van der Waals surface area contributed by atoms with Crippen LogP contribution in [0.5, 0.6) is 0 Å². The van der Waals surface area contributed by atoms with Crippen LogP contribution < -0.4 is 5.32 Å². The van der Waals surface area contributed by atoms with Crippen LogP contribution in [0.4, 0.5) is 0 Å². The van der Waals surface area contributed by atoms with Crippen LogP contribution in [0.1, 0.15) is 46.6 Å². The minimum absolute atomic E-state index is 0.153. The van der Waals surface area contributed by atoms with Crippen molar-refractivity contribution in [3.05, 3.63) is 53.0 Å². The van der Waals surface area contributed by atoms with E-state index in [1.807, 2.05) is 6.07 Å². The third-order valence-corrected chi connectivity index (χ3v) is 6.47. The van der Waals surface area contributed by atoms with Gasteiger partial charge >= 0.3 is 5.97 Å². The van der Waals surface area contributed by atoms with Crippen molar-refractivity contribution in [1.82, 2.24) is 25.0 Å². The van der Waals surface area contributed by atoms with E-state index in [1.54, 1.807) is 0 Å². The zero-order chi connectivity index (χ0) is 22.1. The molecule has 8 heteroatoms. The lowest BCUT2D eigenvalue weighted by atomic mass is 10.0. The van der Waals surface area contributed by atoms with Gasteiger partial charge in [0, 0.05) is 67.5 Å². The van der Waals surface area contributed by atoms with Crippen LogP contribution in [-0.2, 0) is 35.6 Å². The van der Waals surface area contributed by atoms with Crippen LogP contribution >= 0.6 is 0 Å². The molecule has 32 heavy (non-hydrogen) atoms. The fraction of sp³-hybridized carbons (Fsp3) is 0.458. The summed E-state index contributed by atoms with van der Waals surface area (Å²) < 4.78 is 6.72. The molecule has 0 unspecified atom stereocenters. The molecule has 168 valence electrons. The first-order valence-electron chi connectivity index (χ1n) is 11.3. The van der Waals surface area contributed by atoms with Crippen LogP contribution in [0.2, 0.25) is 0 Å². The number of nitrogens with zero attached hydrogens (tertiary/aromatic N) is 3. The Balaban J connectivity index is 1.35. The molecule has 3 aromatic rings. The van der Waals surface area contributed by atoms with Gasteiger partial charge in [-0.1, -0.05) is 18.2 Å². The highest BCUT2D eigenvalue weighted by atomic mass is 16.5. The highest BCUT2D eigenvalue weighted by molar-refractivity contribution is 5.94. The molecule has 2 aromatic heterocycles. The van der Waals surface area contributed by atoms with Gasteiger partial charge in [-0.15, -0.1) is 0 Å². The fourth-order valence-corrected chi connectivity index (χ4v) is 4.53. The number of rotatable bonds is 8. The number of fused-ring (bicyclic) bond motifs is 2. The average Bonchev–Trinajstić information content (AvgIpc) is 3.43. The number of ether oxygens (including phenoxy) is 1. The van der Waals surface area contributed by atoms with E-state index >= 15 is 0 Å². The van der Waals surface area contributed by atoms with Crippen LogP contribution in [0, 0.1) is 5.92 Å². The molecule has 2 N–H and O–H groups in total. The summed E-state index contributed by atoms with van der Waals surface area (Å²) in [7, 11) is 1.35. The summed E-state index contributed by atoms with van der Waals surface area (Å²) >= 11 is 0. The second-order valence-corrected chi connectivity index (χ2v) is 8.80. The van der Waals surface area contributed by atoms with Crippen molar-refractivity contribution in [3.63, 3.8) is 0 Å². The third-order valence-electron chi connectivity index (χ3n) is 6.47. The highest BCUT2D eigenvalue weighted by Gasteiger charge is 2.31. The van der Waals surface area contributed by atoms with E-state index in [0.717, 1.165) is 37.1 Å². The Bertz CT molecular complexity index is 1140. The van der Waals surface area contributed by atoms with E-state index < -0.39 is 0 Å². The van der Waals surface area contributed by atoms with Gasteiger partial charge in [0.15, 0.2) is 5.69 Å². The molecule has 0 saturated heterocycles. The molecular weight excluding hydrogens is 406 g/mol. The van der Waals surface area contributed by atoms with E-state index in [2.05, 4.69) is 49.0 Å². The Kier molecular flexibility index (Phi) is 5.70. The number of methoxy groups -OCH3 is 1. The van der Waals surface area contributed by atoms with Crippen molar-refractivity contribution in [2.75, 3.05) is 20.2 Å². The maximum absolute atomic E-state index is 12.9. The number of nitrogens with one attached hydrogen (secondary N) is 2. The predicted octanol–water partition coefficient (Wildman–Crippen LogP) is 2.63. The highest BCUT2D eigenvalue weighted by Crippen LogP contribution is 2.33. The van der Waals surface area contributed by atoms with E-state index in [-0.39, 0.29) is 24.8 Å². The molecule has 1 aliphatic carbocycles. The first-order valence-corrected chi connectivity index (χ1v) is 11.3. The summed E-state index contributed by atoms with van der Waals surface area (Å²) in [5.41, 5.74) is 5.10. The van der Waals surface area contributed by atoms with Crippen molar-refractivity contribution in [3.8, 4) is 0 Å². The first-order chi connectivity index (χ1) is 15.6. The number of benzene rings is 1. The van der Waals surface area contributed by atoms with E-state index in [9.17, 15) is 9.59 Å². The van der Waals surface area contributed by atoms with E-state index in [4.69, 9.17) is 5.10 Å². The molecule has 1 aliphatic heterocycles. The molecule has 0 radical (unpaired) electrons. The lowest BCUT2D eigenvalue weighted by molar-refractivity contribution is -0.140. The summed E-state index contributed by atoms with van der Waals surface area (Å²) in [6.45, 7) is 3.58. The maximum atomic E-state index is 12.9. The van der Waals surface area contributed by atoms with Gasteiger partial charge < -0.3 is 15.0 Å². The minimum Gasteiger partial charge on any atom is -0.469 e. The number of aromatic nitrogens is 3. The van der Waals surface area contributed by atoms with Crippen LogP contribution in [0.3, 0.4) is 0 Å². The zero-order valence-electron chi connectivity index (χ0n) is 18.4. The molecule has 1 aromatic carbocycles. The lowest BCUT2D eigenvalue weighted by Gasteiger charge is -2.27. The number of carbonyl (C=O) groups is 2. The smallest absolute Gasteiger partial charge is 0.307 e.